The summed E-state index contributed by atoms with van der Waals surface area (Å²) < 4.78 is 33.8. The first-order chi connectivity index (χ1) is 19.7. The molecule has 0 aliphatic carbocycles. The minimum atomic E-state index is -0.708. The summed E-state index contributed by atoms with van der Waals surface area (Å²) in [7, 11) is 0. The summed E-state index contributed by atoms with van der Waals surface area (Å²) in [6.45, 7) is 7.82. The number of hydrogen-bond donors (Lipinski definition) is 2. The molecule has 220 valence electrons. The van der Waals surface area contributed by atoms with Crippen LogP contribution in [0.3, 0.4) is 0 Å². The van der Waals surface area contributed by atoms with E-state index in [1.165, 1.54) is 17.7 Å². The van der Waals surface area contributed by atoms with Crippen LogP contribution >= 0.6 is 0 Å². The Hall–Kier alpha value is -3.62. The lowest BCUT2D eigenvalue weighted by Gasteiger charge is -2.26. The Labute approximate surface area is 241 Å². The van der Waals surface area contributed by atoms with Gasteiger partial charge in [0.15, 0.2) is 0 Å². The van der Waals surface area contributed by atoms with Gasteiger partial charge in [-0.15, -0.1) is 0 Å². The van der Waals surface area contributed by atoms with E-state index in [4.69, 9.17) is 10.5 Å². The highest BCUT2D eigenvalue weighted by Gasteiger charge is 2.23. The molecule has 3 rings (SSSR count). The van der Waals surface area contributed by atoms with E-state index in [1.54, 1.807) is 29.2 Å². The number of rotatable bonds is 15. The second-order valence-electron chi connectivity index (χ2n) is 10.3. The van der Waals surface area contributed by atoms with Crippen LogP contribution in [0.1, 0.15) is 71.0 Å². The van der Waals surface area contributed by atoms with Crippen LogP contribution in [-0.2, 0) is 24.2 Å². The maximum absolute atomic E-state index is 13.9. The molecule has 3 aromatic rings. The fourth-order valence-corrected chi connectivity index (χ4v) is 4.74. The Bertz CT molecular complexity index is 1270. The zero-order chi connectivity index (χ0) is 29.8. The van der Waals surface area contributed by atoms with Crippen LogP contribution in [0, 0.1) is 11.6 Å². The number of nitrogens with one attached hydrogen (secondary N) is 1. The van der Waals surface area contributed by atoms with E-state index in [-0.39, 0.29) is 18.9 Å². The lowest BCUT2D eigenvalue weighted by atomic mass is 9.99. The Kier molecular flexibility index (Phi) is 12.4. The monoisotopic (exact) mass is 565 g/mol. The van der Waals surface area contributed by atoms with E-state index < -0.39 is 29.6 Å². The first kappa shape index (κ1) is 31.9. The van der Waals surface area contributed by atoms with Crippen molar-refractivity contribution in [2.45, 2.75) is 65.1 Å². The summed E-state index contributed by atoms with van der Waals surface area (Å²) in [6.07, 6.45) is 2.67. The molecule has 1 unspecified atom stereocenters. The smallest absolute Gasteiger partial charge is 0.253 e. The molecule has 0 saturated carbocycles. The summed E-state index contributed by atoms with van der Waals surface area (Å²) in [6, 6.07) is 16.5. The molecular weight excluding hydrogens is 524 g/mol. The number of halogens is 2. The van der Waals surface area contributed by atoms with Crippen LogP contribution in [0.4, 0.5) is 8.78 Å². The molecule has 2 atom stereocenters. The fourth-order valence-electron chi connectivity index (χ4n) is 4.74. The van der Waals surface area contributed by atoms with Gasteiger partial charge in [0.25, 0.3) is 11.8 Å². The molecule has 8 heteroatoms. The zero-order valence-corrected chi connectivity index (χ0v) is 24.2. The fraction of sp³-hybridized carbons (Fsp3) is 0.394. The van der Waals surface area contributed by atoms with Gasteiger partial charge in [-0.25, -0.2) is 8.78 Å². The molecule has 0 aliphatic heterocycles. The highest BCUT2D eigenvalue weighted by atomic mass is 19.1. The van der Waals surface area contributed by atoms with Crippen LogP contribution in [0.5, 0.6) is 0 Å². The highest BCUT2D eigenvalue weighted by Crippen LogP contribution is 2.15. The molecule has 0 fully saturated rings. The average Bonchev–Trinajstić information content (AvgIpc) is 2.96. The molecule has 0 spiro atoms. The number of benzene rings is 3. The minimum Gasteiger partial charge on any atom is -0.375 e. The van der Waals surface area contributed by atoms with Crippen molar-refractivity contribution in [2.75, 3.05) is 19.7 Å². The van der Waals surface area contributed by atoms with Crippen molar-refractivity contribution in [1.29, 1.82) is 0 Å². The van der Waals surface area contributed by atoms with Gasteiger partial charge < -0.3 is 20.7 Å². The van der Waals surface area contributed by atoms with Crippen molar-refractivity contribution in [1.82, 2.24) is 10.2 Å². The van der Waals surface area contributed by atoms with Crippen LogP contribution in [0.15, 0.2) is 66.7 Å². The number of ether oxygens (including phenoxy) is 1. The van der Waals surface area contributed by atoms with Crippen LogP contribution in [0.25, 0.3) is 0 Å². The van der Waals surface area contributed by atoms with Gasteiger partial charge in [0.1, 0.15) is 11.6 Å². The lowest BCUT2D eigenvalue weighted by molar-refractivity contribution is 0.0755. The van der Waals surface area contributed by atoms with Crippen LogP contribution < -0.4 is 11.1 Å². The summed E-state index contributed by atoms with van der Waals surface area (Å²) in [5.41, 5.74) is 9.76. The third kappa shape index (κ3) is 9.76. The molecule has 3 aromatic carbocycles. The first-order valence-corrected chi connectivity index (χ1v) is 14.3. The normalized spacial score (nSPS) is 12.5. The Morgan fingerprint density at radius 3 is 2.15 bits per heavy atom. The van der Waals surface area contributed by atoms with Gasteiger partial charge in [-0.2, -0.15) is 0 Å². The Morgan fingerprint density at radius 2 is 1.49 bits per heavy atom. The van der Waals surface area contributed by atoms with Gasteiger partial charge in [-0.1, -0.05) is 51.1 Å². The molecule has 0 aromatic heterocycles. The first-order valence-electron chi connectivity index (χ1n) is 14.3. The number of carbonyl (C=O) groups is 2. The number of carbonyl (C=O) groups excluding carboxylic acids is 2. The van der Waals surface area contributed by atoms with Crippen molar-refractivity contribution < 1.29 is 23.1 Å². The molecule has 6 nitrogen and oxygen atoms in total. The topological polar surface area (TPSA) is 84.7 Å². The van der Waals surface area contributed by atoms with E-state index in [0.717, 1.165) is 30.9 Å². The van der Waals surface area contributed by atoms with Gasteiger partial charge in [-0.3, -0.25) is 9.59 Å². The SMILES string of the molecule is CCCN(CCC)C(=O)c1cccc(C(=O)N[C@@H](Cc2cc(F)cc(F)c2)C(N)COCc2cccc(CC)c2)c1. The summed E-state index contributed by atoms with van der Waals surface area (Å²) in [4.78, 5) is 28.2. The molecule has 3 N–H and O–H groups in total. The predicted molar refractivity (Wildman–Crippen MR) is 158 cm³/mol. The van der Waals surface area contributed by atoms with E-state index >= 15 is 0 Å². The molecule has 2 amide bonds. The van der Waals surface area contributed by atoms with Gasteiger partial charge in [-0.05, 0) is 72.7 Å². The third-order valence-electron chi connectivity index (χ3n) is 6.84. The van der Waals surface area contributed by atoms with Crippen molar-refractivity contribution in [2.24, 2.45) is 5.73 Å². The van der Waals surface area contributed by atoms with E-state index in [9.17, 15) is 18.4 Å². The lowest BCUT2D eigenvalue weighted by Crippen LogP contribution is -2.51. The van der Waals surface area contributed by atoms with Gasteiger partial charge in [0.05, 0.1) is 19.3 Å². The molecule has 0 radical (unpaired) electrons. The maximum atomic E-state index is 13.9. The van der Waals surface area contributed by atoms with Crippen LogP contribution in [0.2, 0.25) is 0 Å². The van der Waals surface area contributed by atoms with Crippen LogP contribution in [-0.4, -0.2) is 48.5 Å². The Balaban J connectivity index is 1.76. The molecular formula is C33H41F2N3O3. The van der Waals surface area contributed by atoms with E-state index in [0.29, 0.717) is 36.4 Å². The number of nitrogens with zero attached hydrogens (tertiary/aromatic N) is 1. The summed E-state index contributed by atoms with van der Waals surface area (Å²) >= 11 is 0. The molecule has 41 heavy (non-hydrogen) atoms. The predicted octanol–water partition coefficient (Wildman–Crippen LogP) is 5.67. The zero-order valence-electron chi connectivity index (χ0n) is 24.2. The standard InChI is InChI=1S/C33H41F2N3O3/c1-4-13-38(14-5-2)33(40)27-12-8-11-26(19-27)32(39)37-31(18-25-16-28(34)20-29(35)17-25)30(36)22-41-21-24-10-7-9-23(6-3)15-24/h7-12,15-17,19-20,30-31H,4-6,13-14,18,21-22,36H2,1-3H3,(H,37,39)/t30?,31-/m0/s1. The number of hydrogen-bond acceptors (Lipinski definition) is 4. The highest BCUT2D eigenvalue weighted by molar-refractivity contribution is 5.99. The van der Waals surface area contributed by atoms with Gasteiger partial charge >= 0.3 is 0 Å². The third-order valence-corrected chi connectivity index (χ3v) is 6.84. The second kappa shape index (κ2) is 16.0. The van der Waals surface area contributed by atoms with E-state index in [1.807, 2.05) is 32.0 Å². The largest absolute Gasteiger partial charge is 0.375 e. The summed E-state index contributed by atoms with van der Waals surface area (Å²) in [5.74, 6) is -1.99. The number of aryl methyl sites for hydroxylation is 1. The quantitative estimate of drug-likeness (QED) is 0.249. The second-order valence-corrected chi connectivity index (χ2v) is 10.3. The van der Waals surface area contributed by atoms with Crippen molar-refractivity contribution in [3.8, 4) is 0 Å². The molecule has 0 saturated heterocycles. The van der Waals surface area contributed by atoms with Crippen molar-refractivity contribution in [3.05, 3.63) is 106 Å². The van der Waals surface area contributed by atoms with Gasteiger partial charge in [0.2, 0.25) is 0 Å². The number of nitrogens with two attached hydrogens (primary N) is 1. The van der Waals surface area contributed by atoms with Crippen molar-refractivity contribution >= 4 is 11.8 Å². The molecule has 0 aliphatic rings. The molecule has 0 heterocycles. The Morgan fingerprint density at radius 1 is 0.854 bits per heavy atom. The number of amides is 2. The minimum absolute atomic E-state index is 0.0929. The van der Waals surface area contributed by atoms with Crippen molar-refractivity contribution in [3.63, 3.8) is 0 Å². The summed E-state index contributed by atoms with van der Waals surface area (Å²) in [5, 5.41) is 2.92. The van der Waals surface area contributed by atoms with Gasteiger partial charge in [0, 0.05) is 36.3 Å². The van der Waals surface area contributed by atoms with E-state index in [2.05, 4.69) is 18.3 Å². The maximum Gasteiger partial charge on any atom is 0.253 e. The average molecular weight is 566 g/mol. The molecule has 0 bridgehead atoms.